The van der Waals surface area contributed by atoms with Crippen LogP contribution in [0.3, 0.4) is 0 Å². The van der Waals surface area contributed by atoms with Crippen LogP contribution in [0, 0.1) is 0 Å². The van der Waals surface area contributed by atoms with Gasteiger partial charge in [0.05, 0.1) is 0 Å². The first-order valence-electron chi connectivity index (χ1n) is 7.46. The highest BCUT2D eigenvalue weighted by Crippen LogP contribution is 2.23. The third kappa shape index (κ3) is 4.63. The van der Waals surface area contributed by atoms with Crippen molar-refractivity contribution in [3.05, 3.63) is 11.9 Å². The zero-order chi connectivity index (χ0) is 15.2. The van der Waals surface area contributed by atoms with Crippen molar-refractivity contribution in [2.45, 2.75) is 58.9 Å². The Labute approximate surface area is 122 Å². The van der Waals surface area contributed by atoms with Crippen molar-refractivity contribution in [3.63, 3.8) is 0 Å². The number of nitrogens with zero attached hydrogens (tertiary/aromatic N) is 2. The minimum Gasteiger partial charge on any atom is -0.396 e. The van der Waals surface area contributed by atoms with E-state index in [2.05, 4.69) is 48.3 Å². The van der Waals surface area contributed by atoms with Crippen LogP contribution in [0.1, 0.15) is 59.2 Å². The summed E-state index contributed by atoms with van der Waals surface area (Å²) in [5.41, 5.74) is -0.152. The van der Waals surface area contributed by atoms with Gasteiger partial charge in [-0.15, -0.1) is 0 Å². The molecule has 0 bridgehead atoms. The molecule has 0 aromatic carbocycles. The molecule has 1 aromatic heterocycles. The van der Waals surface area contributed by atoms with Crippen LogP contribution in [-0.4, -0.2) is 33.8 Å². The Morgan fingerprint density at radius 2 is 1.90 bits per heavy atom. The van der Waals surface area contributed by atoms with Crippen LogP contribution >= 0.6 is 0 Å². The van der Waals surface area contributed by atoms with Crippen molar-refractivity contribution in [2.75, 3.05) is 23.8 Å². The predicted octanol–water partition coefficient (Wildman–Crippen LogP) is 2.99. The van der Waals surface area contributed by atoms with Crippen LogP contribution in [0.2, 0.25) is 0 Å². The number of nitrogens with one attached hydrogen (secondary N) is 2. The van der Waals surface area contributed by atoms with Gasteiger partial charge in [0, 0.05) is 30.7 Å². The van der Waals surface area contributed by atoms with Gasteiger partial charge in [-0.25, -0.2) is 9.97 Å². The lowest BCUT2D eigenvalue weighted by Crippen LogP contribution is -2.35. The summed E-state index contributed by atoms with van der Waals surface area (Å²) in [5, 5.41) is 15.9. The van der Waals surface area contributed by atoms with E-state index in [9.17, 15) is 5.11 Å². The molecule has 114 valence electrons. The van der Waals surface area contributed by atoms with Gasteiger partial charge in [-0.2, -0.15) is 0 Å². The summed E-state index contributed by atoms with van der Waals surface area (Å²) < 4.78 is 0. The van der Waals surface area contributed by atoms with E-state index < -0.39 is 0 Å². The molecule has 1 rings (SSSR count). The van der Waals surface area contributed by atoms with Crippen LogP contribution < -0.4 is 10.6 Å². The Kier molecular flexibility index (Phi) is 6.20. The van der Waals surface area contributed by atoms with E-state index >= 15 is 0 Å². The maximum Gasteiger partial charge on any atom is 0.135 e. The molecule has 5 nitrogen and oxygen atoms in total. The highest BCUT2D eigenvalue weighted by Gasteiger charge is 2.22. The lowest BCUT2D eigenvalue weighted by molar-refractivity contribution is 0.252. The molecule has 0 amide bonds. The van der Waals surface area contributed by atoms with E-state index in [4.69, 9.17) is 0 Å². The van der Waals surface area contributed by atoms with Crippen LogP contribution in [-0.2, 0) is 0 Å². The Hall–Kier alpha value is -1.36. The van der Waals surface area contributed by atoms with Crippen molar-refractivity contribution in [2.24, 2.45) is 0 Å². The summed E-state index contributed by atoms with van der Waals surface area (Å²) in [6.07, 6.45) is 1.62. The third-order valence-electron chi connectivity index (χ3n) is 3.49. The first kappa shape index (κ1) is 16.7. The van der Waals surface area contributed by atoms with Crippen molar-refractivity contribution < 1.29 is 5.11 Å². The molecule has 5 heteroatoms. The van der Waals surface area contributed by atoms with Gasteiger partial charge < -0.3 is 15.7 Å². The first-order chi connectivity index (χ1) is 9.44. The predicted molar refractivity (Wildman–Crippen MR) is 84.3 cm³/mol. The molecule has 20 heavy (non-hydrogen) atoms. The quantitative estimate of drug-likeness (QED) is 0.683. The second-order valence-corrected chi connectivity index (χ2v) is 5.69. The normalized spacial score (nSPS) is 14.2. The van der Waals surface area contributed by atoms with Crippen LogP contribution in [0.5, 0.6) is 0 Å². The maximum absolute atomic E-state index is 9.21. The van der Waals surface area contributed by atoms with E-state index in [1.165, 1.54) is 0 Å². The third-order valence-corrected chi connectivity index (χ3v) is 3.49. The average Bonchev–Trinajstić information content (AvgIpc) is 2.39. The molecule has 0 aliphatic heterocycles. The molecule has 1 unspecified atom stereocenters. The van der Waals surface area contributed by atoms with Gasteiger partial charge >= 0.3 is 0 Å². The molecular weight excluding hydrogens is 252 g/mol. The van der Waals surface area contributed by atoms with E-state index in [0.29, 0.717) is 6.42 Å². The zero-order valence-corrected chi connectivity index (χ0v) is 13.3. The van der Waals surface area contributed by atoms with Gasteiger partial charge in [0.25, 0.3) is 0 Å². The molecule has 0 aliphatic rings. The lowest BCUT2D eigenvalue weighted by atomic mass is 9.95. The Balaban J connectivity index is 3.03. The minimum atomic E-state index is -0.152. The van der Waals surface area contributed by atoms with E-state index in [0.717, 1.165) is 30.4 Å². The van der Waals surface area contributed by atoms with Crippen LogP contribution in [0.25, 0.3) is 0 Å². The molecule has 0 radical (unpaired) electrons. The van der Waals surface area contributed by atoms with Gasteiger partial charge in [-0.05, 0) is 26.7 Å². The molecule has 0 fully saturated rings. The topological polar surface area (TPSA) is 70.1 Å². The maximum atomic E-state index is 9.21. The molecule has 0 saturated heterocycles. The first-order valence-corrected chi connectivity index (χ1v) is 7.46. The van der Waals surface area contributed by atoms with Crippen molar-refractivity contribution in [1.82, 2.24) is 9.97 Å². The lowest BCUT2D eigenvalue weighted by Gasteiger charge is -2.30. The number of hydrogen-bond donors (Lipinski definition) is 3. The smallest absolute Gasteiger partial charge is 0.135 e. The summed E-state index contributed by atoms with van der Waals surface area (Å²) in [6.45, 7) is 11.4. The minimum absolute atomic E-state index is 0.152. The largest absolute Gasteiger partial charge is 0.396 e. The zero-order valence-electron chi connectivity index (χ0n) is 13.3. The number of aromatic nitrogens is 2. The van der Waals surface area contributed by atoms with Crippen molar-refractivity contribution >= 4 is 11.6 Å². The fourth-order valence-corrected chi connectivity index (χ4v) is 1.94. The van der Waals surface area contributed by atoms with E-state index in [1.807, 2.05) is 13.0 Å². The van der Waals surface area contributed by atoms with Crippen LogP contribution in [0.15, 0.2) is 6.07 Å². The Bertz CT molecular complexity index is 422. The molecule has 0 spiro atoms. The Morgan fingerprint density at radius 3 is 2.40 bits per heavy atom. The monoisotopic (exact) mass is 280 g/mol. The highest BCUT2D eigenvalue weighted by atomic mass is 16.3. The van der Waals surface area contributed by atoms with Crippen molar-refractivity contribution in [3.8, 4) is 0 Å². The molecule has 3 N–H and O–H groups in total. The standard InChI is InChI=1S/C15H28N4O/c1-6-15(5,8-9-20)19-13-10-12(16-7-2)17-14(18-13)11(3)4/h10-11,20H,6-9H2,1-5H3,(H2,16,17,18,19). The molecule has 0 saturated carbocycles. The van der Waals surface area contributed by atoms with Gasteiger partial charge in [-0.3, -0.25) is 0 Å². The molecule has 0 aliphatic carbocycles. The summed E-state index contributed by atoms with van der Waals surface area (Å²) >= 11 is 0. The average molecular weight is 280 g/mol. The number of aliphatic hydroxyl groups is 1. The molecule has 1 aromatic rings. The molecular formula is C15H28N4O. The van der Waals surface area contributed by atoms with Gasteiger partial charge in [-0.1, -0.05) is 20.8 Å². The second kappa shape index (κ2) is 7.43. The molecule has 1 atom stereocenters. The number of anilines is 2. The fourth-order valence-electron chi connectivity index (χ4n) is 1.94. The van der Waals surface area contributed by atoms with E-state index in [-0.39, 0.29) is 18.1 Å². The Morgan fingerprint density at radius 1 is 1.25 bits per heavy atom. The van der Waals surface area contributed by atoms with Crippen LogP contribution in [0.4, 0.5) is 11.6 Å². The van der Waals surface area contributed by atoms with Gasteiger partial charge in [0.2, 0.25) is 0 Å². The van der Waals surface area contributed by atoms with Gasteiger partial charge in [0.1, 0.15) is 17.5 Å². The van der Waals surface area contributed by atoms with E-state index in [1.54, 1.807) is 0 Å². The van der Waals surface area contributed by atoms with Crippen molar-refractivity contribution in [1.29, 1.82) is 0 Å². The second-order valence-electron chi connectivity index (χ2n) is 5.69. The fraction of sp³-hybridized carbons (Fsp3) is 0.733. The van der Waals surface area contributed by atoms with Gasteiger partial charge in [0.15, 0.2) is 0 Å². The molecule has 1 heterocycles. The number of rotatable bonds is 8. The summed E-state index contributed by atoms with van der Waals surface area (Å²) in [4.78, 5) is 9.10. The number of aliphatic hydroxyl groups excluding tert-OH is 1. The summed E-state index contributed by atoms with van der Waals surface area (Å²) in [6, 6.07) is 1.93. The number of hydrogen-bond acceptors (Lipinski definition) is 5. The summed E-state index contributed by atoms with van der Waals surface area (Å²) in [7, 11) is 0. The SMILES string of the molecule is CCNc1cc(NC(C)(CC)CCO)nc(C(C)C)n1. The highest BCUT2D eigenvalue weighted by molar-refractivity contribution is 5.49. The summed E-state index contributed by atoms with van der Waals surface area (Å²) in [5.74, 6) is 2.77.